The second-order valence-corrected chi connectivity index (χ2v) is 8.09. The van der Waals surface area contributed by atoms with E-state index in [1.165, 1.54) is 6.33 Å². The fourth-order valence-electron chi connectivity index (χ4n) is 3.11. The lowest BCUT2D eigenvalue weighted by molar-refractivity contribution is 0.687. The van der Waals surface area contributed by atoms with E-state index in [4.69, 9.17) is 21.7 Å². The fourth-order valence-corrected chi connectivity index (χ4v) is 3.85. The molecule has 0 saturated carbocycles. The van der Waals surface area contributed by atoms with Crippen LogP contribution in [0.1, 0.15) is 23.7 Å². The summed E-state index contributed by atoms with van der Waals surface area (Å²) in [5.74, 6) is 0.241. The summed E-state index contributed by atoms with van der Waals surface area (Å²) in [5, 5.41) is 17.7. The van der Waals surface area contributed by atoms with Crippen molar-refractivity contribution in [2.75, 3.05) is 17.7 Å². The van der Waals surface area contributed by atoms with Gasteiger partial charge in [-0.05, 0) is 24.6 Å². The zero-order chi connectivity index (χ0) is 24.0. The number of rotatable bonds is 3. The van der Waals surface area contributed by atoms with E-state index in [1.807, 2.05) is 43.3 Å². The average molecular weight is 457 g/mol. The van der Waals surface area contributed by atoms with Crippen molar-refractivity contribution in [3.63, 3.8) is 0 Å². The Morgan fingerprint density at radius 3 is 2.24 bits per heavy atom. The van der Waals surface area contributed by atoms with E-state index in [9.17, 15) is 9.47 Å². The SMILES string of the molecule is CCc1nc2cccc(C#N)c2nc1-c1ccccc1S(C)=O.N#Cc1c(N)ncnc1N. The van der Waals surface area contributed by atoms with Gasteiger partial charge in [-0.3, -0.25) is 4.21 Å². The molecule has 0 fully saturated rings. The molecule has 0 saturated heterocycles. The van der Waals surface area contributed by atoms with Gasteiger partial charge in [0.05, 0.1) is 33.3 Å². The van der Waals surface area contributed by atoms with Crippen molar-refractivity contribution < 1.29 is 4.21 Å². The summed E-state index contributed by atoms with van der Waals surface area (Å²) in [7, 11) is -1.12. The van der Waals surface area contributed by atoms with Gasteiger partial charge in [0.15, 0.2) is 0 Å². The molecule has 0 aliphatic rings. The van der Waals surface area contributed by atoms with Crippen molar-refractivity contribution >= 4 is 33.5 Å². The van der Waals surface area contributed by atoms with Crippen molar-refractivity contribution in [1.29, 1.82) is 10.5 Å². The molecule has 1 atom stereocenters. The highest BCUT2D eigenvalue weighted by Crippen LogP contribution is 2.29. The van der Waals surface area contributed by atoms with Crippen molar-refractivity contribution in [2.45, 2.75) is 18.2 Å². The molecule has 164 valence electrons. The molecule has 2 aromatic carbocycles. The Morgan fingerprint density at radius 1 is 0.970 bits per heavy atom. The maximum absolute atomic E-state index is 12.0. The summed E-state index contributed by atoms with van der Waals surface area (Å²) in [5.41, 5.74) is 14.8. The van der Waals surface area contributed by atoms with Crippen LogP contribution in [0.2, 0.25) is 0 Å². The van der Waals surface area contributed by atoms with Gasteiger partial charge in [0.25, 0.3) is 0 Å². The van der Waals surface area contributed by atoms with Gasteiger partial charge in [-0.2, -0.15) is 10.5 Å². The van der Waals surface area contributed by atoms with Crippen LogP contribution in [0.25, 0.3) is 22.3 Å². The van der Waals surface area contributed by atoms with E-state index >= 15 is 0 Å². The predicted octanol–water partition coefficient (Wildman–Crippen LogP) is 2.98. The first-order valence-corrected chi connectivity index (χ1v) is 11.4. The molecule has 0 spiro atoms. The van der Waals surface area contributed by atoms with Crippen molar-refractivity contribution in [2.24, 2.45) is 0 Å². The number of hydrogen-bond acceptors (Lipinski definition) is 9. The van der Waals surface area contributed by atoms with E-state index in [0.717, 1.165) is 16.2 Å². The first-order chi connectivity index (χ1) is 15.9. The molecule has 1 unspecified atom stereocenters. The summed E-state index contributed by atoms with van der Waals surface area (Å²) in [6.07, 6.45) is 3.57. The minimum Gasteiger partial charge on any atom is -0.382 e. The number of nitrogen functional groups attached to an aromatic ring is 2. The molecule has 2 heterocycles. The number of benzene rings is 2. The Labute approximate surface area is 193 Å². The van der Waals surface area contributed by atoms with Gasteiger partial charge in [0.2, 0.25) is 0 Å². The monoisotopic (exact) mass is 456 g/mol. The lowest BCUT2D eigenvalue weighted by Gasteiger charge is -2.12. The van der Waals surface area contributed by atoms with E-state index in [2.05, 4.69) is 21.0 Å². The van der Waals surface area contributed by atoms with Crippen LogP contribution in [0.3, 0.4) is 0 Å². The second-order valence-electron chi connectivity index (χ2n) is 6.74. The lowest BCUT2D eigenvalue weighted by Crippen LogP contribution is -2.01. The Balaban J connectivity index is 0.000000257. The number of nitrogens with zero attached hydrogens (tertiary/aromatic N) is 6. The molecule has 0 aliphatic carbocycles. The molecule has 33 heavy (non-hydrogen) atoms. The van der Waals surface area contributed by atoms with Gasteiger partial charge in [-0.25, -0.2) is 19.9 Å². The van der Waals surface area contributed by atoms with E-state index in [0.29, 0.717) is 28.7 Å². The molecule has 4 rings (SSSR count). The largest absolute Gasteiger partial charge is 0.382 e. The predicted molar refractivity (Wildman–Crippen MR) is 127 cm³/mol. The normalized spacial score (nSPS) is 11.0. The van der Waals surface area contributed by atoms with E-state index in [-0.39, 0.29) is 17.2 Å². The first-order valence-electron chi connectivity index (χ1n) is 9.79. The Kier molecular flexibility index (Phi) is 7.24. The summed E-state index contributed by atoms with van der Waals surface area (Å²) in [6.45, 7) is 2.01. The smallest absolute Gasteiger partial charge is 0.146 e. The summed E-state index contributed by atoms with van der Waals surface area (Å²) >= 11 is 0. The minimum absolute atomic E-state index is 0.120. The van der Waals surface area contributed by atoms with Crippen LogP contribution in [-0.4, -0.2) is 30.4 Å². The number of para-hydroxylation sites is 1. The van der Waals surface area contributed by atoms with Crippen LogP contribution in [-0.2, 0) is 17.2 Å². The molecule has 9 nitrogen and oxygen atoms in total. The Hall–Kier alpha value is -4.41. The quantitative estimate of drug-likeness (QED) is 0.470. The van der Waals surface area contributed by atoms with Crippen LogP contribution < -0.4 is 11.5 Å². The molecule has 0 radical (unpaired) electrons. The third kappa shape index (κ3) is 4.92. The number of nitrogens with two attached hydrogens (primary N) is 2. The number of nitriles is 2. The number of fused-ring (bicyclic) bond motifs is 1. The zero-order valence-electron chi connectivity index (χ0n) is 18.0. The Morgan fingerprint density at radius 2 is 1.67 bits per heavy atom. The summed E-state index contributed by atoms with van der Waals surface area (Å²) < 4.78 is 12.0. The fraction of sp³-hybridized carbons (Fsp3) is 0.130. The molecule has 4 N–H and O–H groups in total. The number of hydrogen-bond donors (Lipinski definition) is 2. The second kappa shape index (κ2) is 10.3. The maximum atomic E-state index is 12.0. The standard InChI is InChI=1S/C18H15N3OS.C5H5N5/c1-3-14-18(13-8-4-5-10-16(13)23(2)22)21-17-12(11-19)7-6-9-15(17)20-14;6-1-3-4(7)9-2-10-5(3)8/h4-10H,3H2,1-2H3;2H,(H4,7,8,9,10). The van der Waals surface area contributed by atoms with Crippen molar-refractivity contribution in [3.05, 3.63) is 65.6 Å². The van der Waals surface area contributed by atoms with Gasteiger partial charge < -0.3 is 11.5 Å². The number of aryl methyl sites for hydroxylation is 1. The van der Waals surface area contributed by atoms with Gasteiger partial charge in [-0.1, -0.05) is 31.2 Å². The summed E-state index contributed by atoms with van der Waals surface area (Å²) in [6, 6.07) is 16.9. The molecule has 10 heteroatoms. The van der Waals surface area contributed by atoms with Gasteiger partial charge >= 0.3 is 0 Å². The highest BCUT2D eigenvalue weighted by Gasteiger charge is 2.16. The van der Waals surface area contributed by atoms with Crippen LogP contribution in [0.15, 0.2) is 53.7 Å². The molecule has 0 amide bonds. The highest BCUT2D eigenvalue weighted by molar-refractivity contribution is 7.84. The third-order valence-corrected chi connectivity index (χ3v) is 5.67. The molecule has 4 aromatic rings. The van der Waals surface area contributed by atoms with Crippen LogP contribution >= 0.6 is 0 Å². The molecule has 0 aliphatic heterocycles. The van der Waals surface area contributed by atoms with Crippen LogP contribution in [0.4, 0.5) is 11.6 Å². The molecule has 0 bridgehead atoms. The van der Waals surface area contributed by atoms with Crippen molar-refractivity contribution in [3.8, 4) is 23.4 Å². The first kappa shape index (κ1) is 23.3. The lowest BCUT2D eigenvalue weighted by atomic mass is 10.1. The minimum atomic E-state index is -1.12. The molecular weight excluding hydrogens is 436 g/mol. The van der Waals surface area contributed by atoms with Crippen molar-refractivity contribution in [1.82, 2.24) is 19.9 Å². The molecular formula is C23H20N8OS. The molecule has 2 aromatic heterocycles. The van der Waals surface area contributed by atoms with Gasteiger partial charge in [0.1, 0.15) is 41.2 Å². The maximum Gasteiger partial charge on any atom is 0.146 e. The Bertz CT molecular complexity index is 1420. The average Bonchev–Trinajstić information content (AvgIpc) is 2.83. The van der Waals surface area contributed by atoms with Gasteiger partial charge in [0, 0.05) is 16.7 Å². The highest BCUT2D eigenvalue weighted by atomic mass is 32.2. The van der Waals surface area contributed by atoms with E-state index in [1.54, 1.807) is 18.4 Å². The zero-order valence-corrected chi connectivity index (χ0v) is 18.8. The third-order valence-electron chi connectivity index (χ3n) is 4.69. The summed E-state index contributed by atoms with van der Waals surface area (Å²) in [4.78, 5) is 17.3. The van der Waals surface area contributed by atoms with Crippen LogP contribution in [0, 0.1) is 22.7 Å². The number of aromatic nitrogens is 4. The number of anilines is 2. The van der Waals surface area contributed by atoms with Gasteiger partial charge in [-0.15, -0.1) is 0 Å². The van der Waals surface area contributed by atoms with Crippen LogP contribution in [0.5, 0.6) is 0 Å². The topological polar surface area (TPSA) is 168 Å². The van der Waals surface area contributed by atoms with E-state index < -0.39 is 10.8 Å².